The van der Waals surface area contributed by atoms with Gasteiger partial charge in [-0.1, -0.05) is 0 Å². The Bertz CT molecular complexity index is 667. The maximum absolute atomic E-state index is 12.5. The van der Waals surface area contributed by atoms with Gasteiger partial charge in [0.2, 0.25) is 0 Å². The highest BCUT2D eigenvalue weighted by atomic mass is 16.2. The molecule has 0 spiro atoms. The minimum absolute atomic E-state index is 0.0618. The maximum Gasteiger partial charge on any atom is 0.274 e. The molecular formula is C16H21N7O. The SMILES string of the molecule is CN(C)c1ccc(C(=O)N2CCC(Nc3ccncn3)CC2)nn1. The van der Waals surface area contributed by atoms with Gasteiger partial charge in [0.15, 0.2) is 11.5 Å². The zero-order valence-corrected chi connectivity index (χ0v) is 13.9. The van der Waals surface area contributed by atoms with Crippen molar-refractivity contribution >= 4 is 17.5 Å². The fourth-order valence-corrected chi connectivity index (χ4v) is 2.65. The molecule has 1 amide bonds. The number of aromatic nitrogens is 4. The van der Waals surface area contributed by atoms with Crippen LogP contribution in [-0.2, 0) is 0 Å². The van der Waals surface area contributed by atoms with Gasteiger partial charge in [-0.3, -0.25) is 4.79 Å². The van der Waals surface area contributed by atoms with Gasteiger partial charge in [0.25, 0.3) is 5.91 Å². The number of amides is 1. The Balaban J connectivity index is 1.55. The zero-order chi connectivity index (χ0) is 16.9. The third-order valence-electron chi connectivity index (χ3n) is 4.04. The lowest BCUT2D eigenvalue weighted by Gasteiger charge is -2.32. The van der Waals surface area contributed by atoms with E-state index in [4.69, 9.17) is 0 Å². The van der Waals surface area contributed by atoms with Crippen LogP contribution in [0.25, 0.3) is 0 Å². The second-order valence-corrected chi connectivity index (χ2v) is 5.98. The molecule has 1 fully saturated rings. The van der Waals surface area contributed by atoms with Gasteiger partial charge in [-0.05, 0) is 31.0 Å². The predicted octanol–water partition coefficient (Wildman–Crippen LogP) is 1.05. The summed E-state index contributed by atoms with van der Waals surface area (Å²) in [5.74, 6) is 1.49. The quantitative estimate of drug-likeness (QED) is 0.898. The summed E-state index contributed by atoms with van der Waals surface area (Å²) in [4.78, 5) is 24.3. The van der Waals surface area contributed by atoms with E-state index in [1.807, 2.05) is 36.0 Å². The monoisotopic (exact) mass is 327 g/mol. The first-order valence-corrected chi connectivity index (χ1v) is 7.96. The average Bonchev–Trinajstić information content (AvgIpc) is 2.63. The van der Waals surface area contributed by atoms with E-state index in [-0.39, 0.29) is 5.91 Å². The van der Waals surface area contributed by atoms with Crippen molar-refractivity contribution in [1.82, 2.24) is 25.1 Å². The van der Waals surface area contributed by atoms with Gasteiger partial charge in [0.05, 0.1) is 0 Å². The number of anilines is 2. The van der Waals surface area contributed by atoms with E-state index in [2.05, 4.69) is 25.5 Å². The first-order valence-electron chi connectivity index (χ1n) is 7.96. The topological polar surface area (TPSA) is 87.1 Å². The third kappa shape index (κ3) is 3.76. The Kier molecular flexibility index (Phi) is 4.83. The standard InChI is InChI=1S/C16H21N7O/c1-22(2)15-4-3-13(20-21-15)16(24)23-9-6-12(7-10-23)19-14-5-8-17-11-18-14/h3-5,8,11-12H,6-7,9-10H2,1-2H3,(H,17,18,19). The molecule has 0 unspecified atom stereocenters. The molecule has 1 aliphatic heterocycles. The Hall–Kier alpha value is -2.77. The molecule has 1 saturated heterocycles. The maximum atomic E-state index is 12.5. The van der Waals surface area contributed by atoms with Crippen LogP contribution in [0.15, 0.2) is 30.7 Å². The highest BCUT2D eigenvalue weighted by molar-refractivity contribution is 5.92. The Morgan fingerprint density at radius 1 is 1.21 bits per heavy atom. The second-order valence-electron chi connectivity index (χ2n) is 5.98. The normalized spacial score (nSPS) is 15.2. The molecule has 0 saturated carbocycles. The van der Waals surface area contributed by atoms with Gasteiger partial charge in [-0.15, -0.1) is 10.2 Å². The molecular weight excluding hydrogens is 306 g/mol. The Morgan fingerprint density at radius 2 is 2.00 bits per heavy atom. The van der Waals surface area contributed by atoms with Gasteiger partial charge in [-0.2, -0.15) is 0 Å². The van der Waals surface area contributed by atoms with Crippen LogP contribution in [0.4, 0.5) is 11.6 Å². The van der Waals surface area contributed by atoms with Crippen molar-refractivity contribution in [2.24, 2.45) is 0 Å². The summed E-state index contributed by atoms with van der Waals surface area (Å²) in [7, 11) is 3.78. The fraction of sp³-hybridized carbons (Fsp3) is 0.438. The third-order valence-corrected chi connectivity index (χ3v) is 4.04. The summed E-state index contributed by atoms with van der Waals surface area (Å²) in [6.45, 7) is 1.39. The summed E-state index contributed by atoms with van der Waals surface area (Å²) in [6.07, 6.45) is 4.99. The molecule has 0 bridgehead atoms. The molecule has 0 radical (unpaired) electrons. The molecule has 0 aromatic carbocycles. The molecule has 1 N–H and O–H groups in total. The van der Waals surface area contributed by atoms with Crippen LogP contribution in [-0.4, -0.2) is 64.2 Å². The van der Waals surface area contributed by atoms with E-state index in [1.54, 1.807) is 12.3 Å². The lowest BCUT2D eigenvalue weighted by molar-refractivity contribution is 0.0711. The van der Waals surface area contributed by atoms with Gasteiger partial charge in [-0.25, -0.2) is 9.97 Å². The minimum Gasteiger partial charge on any atom is -0.367 e. The number of likely N-dealkylation sites (tertiary alicyclic amines) is 1. The Morgan fingerprint density at radius 3 is 2.58 bits per heavy atom. The van der Waals surface area contributed by atoms with Crippen LogP contribution in [0, 0.1) is 0 Å². The van der Waals surface area contributed by atoms with Crippen LogP contribution in [0.3, 0.4) is 0 Å². The molecule has 0 aliphatic carbocycles. The van der Waals surface area contributed by atoms with E-state index in [9.17, 15) is 4.79 Å². The second kappa shape index (κ2) is 7.20. The predicted molar refractivity (Wildman–Crippen MR) is 90.9 cm³/mol. The van der Waals surface area contributed by atoms with Crippen molar-refractivity contribution in [3.8, 4) is 0 Å². The largest absolute Gasteiger partial charge is 0.367 e. The highest BCUT2D eigenvalue weighted by Gasteiger charge is 2.24. The number of hydrogen-bond acceptors (Lipinski definition) is 7. The molecule has 3 heterocycles. The van der Waals surface area contributed by atoms with Crippen molar-refractivity contribution < 1.29 is 4.79 Å². The summed E-state index contributed by atoms with van der Waals surface area (Å²) < 4.78 is 0. The summed E-state index contributed by atoms with van der Waals surface area (Å²) in [5.41, 5.74) is 0.391. The molecule has 2 aromatic heterocycles. The van der Waals surface area contributed by atoms with Gasteiger partial charge in [0, 0.05) is 39.4 Å². The fourth-order valence-electron chi connectivity index (χ4n) is 2.65. The van der Waals surface area contributed by atoms with Gasteiger partial charge >= 0.3 is 0 Å². The van der Waals surface area contributed by atoms with Crippen molar-refractivity contribution in [3.05, 3.63) is 36.4 Å². The minimum atomic E-state index is -0.0618. The molecule has 126 valence electrons. The van der Waals surface area contributed by atoms with Crippen molar-refractivity contribution in [2.75, 3.05) is 37.4 Å². The van der Waals surface area contributed by atoms with Crippen molar-refractivity contribution in [3.63, 3.8) is 0 Å². The van der Waals surface area contributed by atoms with Gasteiger partial charge < -0.3 is 15.1 Å². The van der Waals surface area contributed by atoms with Crippen LogP contribution in [0.5, 0.6) is 0 Å². The number of carbonyl (C=O) groups excluding carboxylic acids is 1. The molecule has 0 atom stereocenters. The number of nitrogens with zero attached hydrogens (tertiary/aromatic N) is 6. The molecule has 2 aromatic rings. The number of hydrogen-bond donors (Lipinski definition) is 1. The number of nitrogens with one attached hydrogen (secondary N) is 1. The molecule has 1 aliphatic rings. The summed E-state index contributed by atoms with van der Waals surface area (Å²) in [5, 5.41) is 11.5. The number of rotatable bonds is 4. The van der Waals surface area contributed by atoms with E-state index in [0.29, 0.717) is 24.8 Å². The first-order chi connectivity index (χ1) is 11.6. The van der Waals surface area contributed by atoms with Gasteiger partial charge in [0.1, 0.15) is 12.1 Å². The van der Waals surface area contributed by atoms with Crippen LogP contribution >= 0.6 is 0 Å². The van der Waals surface area contributed by atoms with E-state index in [0.717, 1.165) is 24.5 Å². The molecule has 24 heavy (non-hydrogen) atoms. The Labute approximate surface area is 140 Å². The van der Waals surface area contributed by atoms with Crippen LogP contribution in [0.1, 0.15) is 23.3 Å². The average molecular weight is 327 g/mol. The molecule has 3 rings (SSSR count). The number of piperidine rings is 1. The highest BCUT2D eigenvalue weighted by Crippen LogP contribution is 2.16. The lowest BCUT2D eigenvalue weighted by Crippen LogP contribution is -2.42. The van der Waals surface area contributed by atoms with E-state index in [1.165, 1.54) is 6.33 Å². The zero-order valence-electron chi connectivity index (χ0n) is 13.9. The van der Waals surface area contributed by atoms with Crippen molar-refractivity contribution in [1.29, 1.82) is 0 Å². The number of carbonyl (C=O) groups is 1. The van der Waals surface area contributed by atoms with Crippen LogP contribution < -0.4 is 10.2 Å². The molecule has 8 heteroatoms. The van der Waals surface area contributed by atoms with Crippen molar-refractivity contribution in [2.45, 2.75) is 18.9 Å². The van der Waals surface area contributed by atoms with Crippen LogP contribution in [0.2, 0.25) is 0 Å². The molecule has 8 nitrogen and oxygen atoms in total. The summed E-state index contributed by atoms with van der Waals surface area (Å²) in [6, 6.07) is 5.70. The van der Waals surface area contributed by atoms with E-state index < -0.39 is 0 Å². The van der Waals surface area contributed by atoms with E-state index >= 15 is 0 Å². The smallest absolute Gasteiger partial charge is 0.274 e. The first kappa shape index (κ1) is 16.1. The lowest BCUT2D eigenvalue weighted by atomic mass is 10.0. The summed E-state index contributed by atoms with van der Waals surface area (Å²) >= 11 is 0.